The van der Waals surface area contributed by atoms with Crippen molar-refractivity contribution in [1.29, 1.82) is 0 Å². The molecule has 5 N–H and O–H groups in total. The average molecular weight is 438 g/mol. The molecule has 170 valence electrons. The molecule has 5 atom stereocenters. The van der Waals surface area contributed by atoms with Gasteiger partial charge in [-0.05, 0) is 25.0 Å². The SMILES string of the molecule is CC/C=C/CCOc1c(O)c(=O)oc2cc(O[C@H]3O[C@H](CO)[C@@H](O)[C@H](O)[C@@H]3O)ccc12. The van der Waals surface area contributed by atoms with E-state index in [2.05, 4.69) is 0 Å². The summed E-state index contributed by atoms with van der Waals surface area (Å²) in [5.41, 5.74) is -0.930. The summed E-state index contributed by atoms with van der Waals surface area (Å²) < 4.78 is 21.5. The lowest BCUT2D eigenvalue weighted by Crippen LogP contribution is -2.60. The van der Waals surface area contributed by atoms with Crippen LogP contribution < -0.4 is 15.1 Å². The summed E-state index contributed by atoms with van der Waals surface area (Å²) >= 11 is 0. The zero-order chi connectivity index (χ0) is 22.5. The van der Waals surface area contributed by atoms with Gasteiger partial charge in [0, 0.05) is 6.07 Å². The number of hydrogen-bond donors (Lipinski definition) is 5. The van der Waals surface area contributed by atoms with Crippen LogP contribution in [0.1, 0.15) is 19.8 Å². The summed E-state index contributed by atoms with van der Waals surface area (Å²) in [5.74, 6) is -0.549. The van der Waals surface area contributed by atoms with Gasteiger partial charge in [0.25, 0.3) is 0 Å². The van der Waals surface area contributed by atoms with Gasteiger partial charge >= 0.3 is 5.63 Å². The van der Waals surface area contributed by atoms with Crippen LogP contribution in [0.4, 0.5) is 0 Å². The van der Waals surface area contributed by atoms with E-state index >= 15 is 0 Å². The zero-order valence-electron chi connectivity index (χ0n) is 16.9. The van der Waals surface area contributed by atoms with Gasteiger partial charge in [0.2, 0.25) is 12.0 Å². The Labute approximate surface area is 177 Å². The van der Waals surface area contributed by atoms with Crippen LogP contribution >= 0.6 is 0 Å². The molecule has 1 aliphatic rings. The maximum Gasteiger partial charge on any atom is 0.382 e. The second-order valence-electron chi connectivity index (χ2n) is 7.06. The largest absolute Gasteiger partial charge is 0.499 e. The highest BCUT2D eigenvalue weighted by molar-refractivity contribution is 5.86. The van der Waals surface area contributed by atoms with E-state index in [1.807, 2.05) is 19.1 Å². The Morgan fingerprint density at radius 3 is 2.61 bits per heavy atom. The lowest BCUT2D eigenvalue weighted by atomic mass is 9.99. The molecule has 1 fully saturated rings. The minimum absolute atomic E-state index is 0.0180. The van der Waals surface area contributed by atoms with Crippen LogP contribution in [0.2, 0.25) is 0 Å². The maximum atomic E-state index is 12.0. The molecule has 0 unspecified atom stereocenters. The van der Waals surface area contributed by atoms with Crippen molar-refractivity contribution < 1.29 is 44.2 Å². The maximum absolute atomic E-state index is 12.0. The average Bonchev–Trinajstić information content (AvgIpc) is 2.76. The Kier molecular flexibility index (Phi) is 7.52. The van der Waals surface area contributed by atoms with E-state index in [0.29, 0.717) is 11.8 Å². The molecule has 10 nitrogen and oxygen atoms in total. The first kappa shape index (κ1) is 23.0. The van der Waals surface area contributed by atoms with Gasteiger partial charge in [0.15, 0.2) is 5.75 Å². The molecule has 0 amide bonds. The van der Waals surface area contributed by atoms with E-state index in [-0.39, 0.29) is 23.7 Å². The Bertz CT molecular complexity index is 967. The minimum Gasteiger partial charge on any atom is -0.499 e. The Morgan fingerprint density at radius 1 is 1.13 bits per heavy atom. The summed E-state index contributed by atoms with van der Waals surface area (Å²) in [7, 11) is 0. The second-order valence-corrected chi connectivity index (χ2v) is 7.06. The highest BCUT2D eigenvalue weighted by Crippen LogP contribution is 2.34. The van der Waals surface area contributed by atoms with Gasteiger partial charge in [-0.1, -0.05) is 19.1 Å². The number of allylic oxidation sites excluding steroid dienone is 1. The number of fused-ring (bicyclic) bond motifs is 1. The molecule has 2 heterocycles. The fourth-order valence-electron chi connectivity index (χ4n) is 3.17. The van der Waals surface area contributed by atoms with E-state index in [1.165, 1.54) is 18.2 Å². The molecule has 0 aliphatic carbocycles. The van der Waals surface area contributed by atoms with Crippen molar-refractivity contribution in [2.75, 3.05) is 13.2 Å². The first-order valence-electron chi connectivity index (χ1n) is 9.92. The first-order valence-corrected chi connectivity index (χ1v) is 9.92. The molecule has 10 heteroatoms. The normalized spacial score (nSPS) is 26.4. The lowest BCUT2D eigenvalue weighted by molar-refractivity contribution is -0.277. The van der Waals surface area contributed by atoms with Gasteiger partial charge in [0.05, 0.1) is 18.6 Å². The number of aliphatic hydroxyl groups excluding tert-OH is 4. The van der Waals surface area contributed by atoms with Crippen molar-refractivity contribution in [2.24, 2.45) is 0 Å². The van der Waals surface area contributed by atoms with Gasteiger partial charge in [-0.15, -0.1) is 0 Å². The fraction of sp³-hybridized carbons (Fsp3) is 0.476. The molecular formula is C21H26O10. The third-order valence-electron chi connectivity index (χ3n) is 4.84. The third-order valence-corrected chi connectivity index (χ3v) is 4.84. The van der Waals surface area contributed by atoms with Crippen LogP contribution in [0.15, 0.2) is 39.6 Å². The number of ether oxygens (including phenoxy) is 3. The molecule has 31 heavy (non-hydrogen) atoms. The summed E-state index contributed by atoms with van der Waals surface area (Å²) in [6.45, 7) is 1.65. The number of rotatable bonds is 8. The molecule has 1 aromatic heterocycles. The third kappa shape index (κ3) is 5.00. The number of aliphatic hydroxyl groups is 4. The minimum atomic E-state index is -1.59. The van der Waals surface area contributed by atoms with Crippen LogP contribution in [-0.4, -0.2) is 69.5 Å². The van der Waals surface area contributed by atoms with Crippen LogP contribution in [0.5, 0.6) is 17.2 Å². The monoisotopic (exact) mass is 438 g/mol. The second kappa shape index (κ2) is 10.1. The van der Waals surface area contributed by atoms with E-state index in [4.69, 9.17) is 18.6 Å². The van der Waals surface area contributed by atoms with E-state index < -0.39 is 48.7 Å². The molecule has 0 spiro atoms. The first-order chi connectivity index (χ1) is 14.9. The van der Waals surface area contributed by atoms with Crippen LogP contribution in [-0.2, 0) is 4.74 Å². The zero-order valence-corrected chi connectivity index (χ0v) is 16.9. The van der Waals surface area contributed by atoms with Gasteiger partial charge < -0.3 is 44.2 Å². The Balaban J connectivity index is 1.83. The number of aromatic hydroxyl groups is 1. The molecular weight excluding hydrogens is 412 g/mol. The van der Waals surface area contributed by atoms with Crippen molar-refractivity contribution in [3.8, 4) is 17.2 Å². The molecule has 0 radical (unpaired) electrons. The van der Waals surface area contributed by atoms with Crippen LogP contribution in [0, 0.1) is 0 Å². The predicted molar refractivity (Wildman–Crippen MR) is 108 cm³/mol. The van der Waals surface area contributed by atoms with Crippen molar-refractivity contribution >= 4 is 11.0 Å². The van der Waals surface area contributed by atoms with Crippen LogP contribution in [0.3, 0.4) is 0 Å². The summed E-state index contributed by atoms with van der Waals surface area (Å²) in [6, 6.07) is 4.29. The van der Waals surface area contributed by atoms with E-state index in [0.717, 1.165) is 6.42 Å². The quantitative estimate of drug-likeness (QED) is 0.222. The highest BCUT2D eigenvalue weighted by Gasteiger charge is 2.44. The number of hydrogen-bond acceptors (Lipinski definition) is 10. The van der Waals surface area contributed by atoms with Gasteiger partial charge in [-0.3, -0.25) is 0 Å². The lowest BCUT2D eigenvalue weighted by Gasteiger charge is -2.39. The smallest absolute Gasteiger partial charge is 0.382 e. The summed E-state index contributed by atoms with van der Waals surface area (Å²) in [6.07, 6.45) is -1.82. The summed E-state index contributed by atoms with van der Waals surface area (Å²) in [4.78, 5) is 12.0. The van der Waals surface area contributed by atoms with Crippen molar-refractivity contribution in [3.05, 3.63) is 40.8 Å². The summed E-state index contributed by atoms with van der Waals surface area (Å²) in [5, 5.41) is 49.5. The molecule has 1 aromatic carbocycles. The Morgan fingerprint density at radius 2 is 1.90 bits per heavy atom. The highest BCUT2D eigenvalue weighted by atomic mass is 16.7. The molecule has 1 aliphatic heterocycles. The Hall–Kier alpha value is -2.63. The van der Waals surface area contributed by atoms with Crippen molar-refractivity contribution in [1.82, 2.24) is 0 Å². The van der Waals surface area contributed by atoms with Gasteiger partial charge in [-0.2, -0.15) is 0 Å². The van der Waals surface area contributed by atoms with E-state index in [1.54, 1.807) is 0 Å². The predicted octanol–water partition coefficient (Wildman–Crippen LogP) is 0.412. The van der Waals surface area contributed by atoms with Crippen molar-refractivity contribution in [2.45, 2.75) is 50.5 Å². The standard InChI is InChI=1S/C21H26O10/c1-2-3-4-5-8-28-19-12-7-6-11(9-13(12)30-20(27)18(19)26)29-21-17(25)16(24)15(23)14(10-22)31-21/h3-4,6-7,9,14-17,21-26H,2,5,8,10H2,1H3/b4-3+/t14-,15-,16+,17+,21+/m1/s1. The van der Waals surface area contributed by atoms with Crippen LogP contribution in [0.25, 0.3) is 11.0 Å². The van der Waals surface area contributed by atoms with E-state index in [9.17, 15) is 30.3 Å². The molecule has 0 saturated carbocycles. The van der Waals surface area contributed by atoms with Gasteiger partial charge in [0.1, 0.15) is 35.7 Å². The fourth-order valence-corrected chi connectivity index (χ4v) is 3.17. The van der Waals surface area contributed by atoms with Crippen molar-refractivity contribution in [3.63, 3.8) is 0 Å². The molecule has 0 bridgehead atoms. The molecule has 3 rings (SSSR count). The molecule has 2 aromatic rings. The topological polar surface area (TPSA) is 159 Å². The number of benzene rings is 1. The van der Waals surface area contributed by atoms with Gasteiger partial charge in [-0.25, -0.2) is 4.79 Å². The molecule has 1 saturated heterocycles.